The average molecular weight is 405 g/mol. The summed E-state index contributed by atoms with van der Waals surface area (Å²) in [6.07, 6.45) is 1.44. The molecule has 2 heterocycles. The van der Waals surface area contributed by atoms with Crippen molar-refractivity contribution in [2.45, 2.75) is 26.8 Å². The third kappa shape index (κ3) is 3.59. The lowest BCUT2D eigenvalue weighted by Gasteiger charge is -2.29. The van der Waals surface area contributed by atoms with Gasteiger partial charge in [-0.2, -0.15) is 10.1 Å². The van der Waals surface area contributed by atoms with E-state index in [1.54, 1.807) is 22.9 Å². The van der Waals surface area contributed by atoms with Crippen molar-refractivity contribution in [3.8, 4) is 11.5 Å². The Morgan fingerprint density at radius 1 is 1.27 bits per heavy atom. The maximum atomic E-state index is 13.3. The number of hydrogen-bond acceptors (Lipinski definition) is 6. The Morgan fingerprint density at radius 3 is 2.87 bits per heavy atom. The fraction of sp³-hybridized carbons (Fsp3) is 0.227. The highest BCUT2D eigenvalue weighted by Crippen LogP contribution is 2.38. The number of aryl methyl sites for hydroxylation is 1. The number of nitrogens with one attached hydrogen (secondary N) is 2. The van der Waals surface area contributed by atoms with Gasteiger partial charge in [0.05, 0.1) is 12.2 Å². The quantitative estimate of drug-likeness (QED) is 0.599. The van der Waals surface area contributed by atoms with Gasteiger partial charge in [-0.1, -0.05) is 18.2 Å². The Morgan fingerprint density at radius 2 is 2.10 bits per heavy atom. The summed E-state index contributed by atoms with van der Waals surface area (Å²) in [5.41, 5.74) is 3.69. The number of phenolic OH excluding ortho intramolecular Hbond substituents is 1. The topological polar surface area (TPSA) is 101 Å². The number of benzene rings is 2. The van der Waals surface area contributed by atoms with Crippen LogP contribution in [0, 0.1) is 6.92 Å². The van der Waals surface area contributed by atoms with E-state index >= 15 is 0 Å². The third-order valence-electron chi connectivity index (χ3n) is 4.91. The Kier molecular flexibility index (Phi) is 5.14. The molecule has 1 atom stereocenters. The molecule has 1 amide bonds. The van der Waals surface area contributed by atoms with Gasteiger partial charge in [0.2, 0.25) is 5.95 Å². The zero-order valence-corrected chi connectivity index (χ0v) is 17.0. The van der Waals surface area contributed by atoms with Crippen LogP contribution in [-0.4, -0.2) is 32.4 Å². The van der Waals surface area contributed by atoms with Crippen molar-refractivity contribution >= 4 is 17.5 Å². The molecule has 0 saturated heterocycles. The number of rotatable bonds is 5. The lowest BCUT2D eigenvalue weighted by atomic mass is 9.94. The molecule has 1 aliphatic heterocycles. The molecule has 0 radical (unpaired) electrons. The van der Waals surface area contributed by atoms with Crippen molar-refractivity contribution in [1.82, 2.24) is 14.8 Å². The number of nitrogens with zero attached hydrogens (tertiary/aromatic N) is 3. The van der Waals surface area contributed by atoms with E-state index in [-0.39, 0.29) is 11.7 Å². The first-order valence-electron chi connectivity index (χ1n) is 9.69. The van der Waals surface area contributed by atoms with Crippen LogP contribution in [0.1, 0.15) is 31.0 Å². The predicted octanol–water partition coefficient (Wildman–Crippen LogP) is 3.62. The van der Waals surface area contributed by atoms with Gasteiger partial charge < -0.3 is 20.5 Å². The van der Waals surface area contributed by atoms with Crippen LogP contribution in [0.3, 0.4) is 0 Å². The number of fused-ring (bicyclic) bond motifs is 1. The molecule has 1 aromatic heterocycles. The number of amides is 1. The molecular weight excluding hydrogens is 382 g/mol. The SMILES string of the molecule is CCOc1cc(C2C(C(=O)Nc3cccc(C)c3)=C(C)Nc3ncnn32)ccc1O. The number of anilines is 2. The zero-order chi connectivity index (χ0) is 21.3. The fourth-order valence-corrected chi connectivity index (χ4v) is 3.59. The summed E-state index contributed by atoms with van der Waals surface area (Å²) in [5.74, 6) is 0.685. The summed E-state index contributed by atoms with van der Waals surface area (Å²) < 4.78 is 7.19. The molecule has 8 heteroatoms. The highest BCUT2D eigenvalue weighted by atomic mass is 16.5. The second-order valence-corrected chi connectivity index (χ2v) is 7.08. The highest BCUT2D eigenvalue weighted by Gasteiger charge is 2.34. The molecule has 1 unspecified atom stereocenters. The molecule has 0 aliphatic carbocycles. The summed E-state index contributed by atoms with van der Waals surface area (Å²) >= 11 is 0. The Hall–Kier alpha value is -3.81. The number of allylic oxidation sites excluding steroid dienone is 1. The molecule has 3 aromatic rings. The number of aromatic hydroxyl groups is 1. The molecule has 4 rings (SSSR count). The first-order valence-corrected chi connectivity index (χ1v) is 9.69. The van der Waals surface area contributed by atoms with Gasteiger partial charge in [-0.25, -0.2) is 4.68 Å². The van der Waals surface area contributed by atoms with Crippen LogP contribution in [0.2, 0.25) is 0 Å². The standard InChI is InChI=1S/C22H23N5O3/c1-4-30-18-11-15(8-9-17(18)28)20-19(14(3)25-22-23-12-24-27(20)22)21(29)26-16-7-5-6-13(2)10-16/h5-12,20,28H,4H2,1-3H3,(H,26,29)(H,23,24,25). The predicted molar refractivity (Wildman–Crippen MR) is 114 cm³/mol. The average Bonchev–Trinajstić information content (AvgIpc) is 3.16. The van der Waals surface area contributed by atoms with Crippen molar-refractivity contribution < 1.29 is 14.6 Å². The summed E-state index contributed by atoms with van der Waals surface area (Å²) in [4.78, 5) is 17.6. The number of carbonyl (C=O) groups excluding carboxylic acids is 1. The second kappa shape index (κ2) is 7.90. The van der Waals surface area contributed by atoms with Gasteiger partial charge >= 0.3 is 0 Å². The third-order valence-corrected chi connectivity index (χ3v) is 4.91. The molecule has 154 valence electrons. The monoisotopic (exact) mass is 405 g/mol. The zero-order valence-electron chi connectivity index (χ0n) is 17.0. The van der Waals surface area contributed by atoms with Crippen LogP contribution >= 0.6 is 0 Å². The van der Waals surface area contributed by atoms with E-state index in [0.717, 1.165) is 11.1 Å². The van der Waals surface area contributed by atoms with Crippen molar-refractivity contribution in [1.29, 1.82) is 0 Å². The van der Waals surface area contributed by atoms with Crippen LogP contribution in [0.5, 0.6) is 11.5 Å². The van der Waals surface area contributed by atoms with Gasteiger partial charge in [0.15, 0.2) is 11.5 Å². The van der Waals surface area contributed by atoms with Gasteiger partial charge in [-0.15, -0.1) is 0 Å². The number of phenols is 1. The molecule has 0 saturated carbocycles. The minimum absolute atomic E-state index is 0.0415. The smallest absolute Gasteiger partial charge is 0.255 e. The van der Waals surface area contributed by atoms with Crippen LogP contribution < -0.4 is 15.4 Å². The van der Waals surface area contributed by atoms with E-state index in [9.17, 15) is 9.90 Å². The van der Waals surface area contributed by atoms with Gasteiger partial charge in [0.1, 0.15) is 12.4 Å². The summed E-state index contributed by atoms with van der Waals surface area (Å²) in [6, 6.07) is 12.1. The molecule has 8 nitrogen and oxygen atoms in total. The minimum atomic E-state index is -0.534. The number of ether oxygens (including phenoxy) is 1. The Balaban J connectivity index is 1.77. The number of hydrogen-bond donors (Lipinski definition) is 3. The van der Waals surface area contributed by atoms with Crippen LogP contribution in [0.25, 0.3) is 0 Å². The van der Waals surface area contributed by atoms with Crippen molar-refractivity contribution in [3.63, 3.8) is 0 Å². The summed E-state index contributed by atoms with van der Waals surface area (Å²) in [5, 5.41) is 20.6. The highest BCUT2D eigenvalue weighted by molar-refractivity contribution is 6.06. The van der Waals surface area contributed by atoms with Gasteiger partial charge in [-0.3, -0.25) is 4.79 Å². The summed E-state index contributed by atoms with van der Waals surface area (Å²) in [7, 11) is 0. The van der Waals surface area contributed by atoms with E-state index in [0.29, 0.717) is 35.3 Å². The molecular formula is C22H23N5O3. The lowest BCUT2D eigenvalue weighted by molar-refractivity contribution is -0.113. The maximum Gasteiger partial charge on any atom is 0.255 e. The molecule has 0 fully saturated rings. The van der Waals surface area contributed by atoms with Gasteiger partial charge in [0.25, 0.3) is 5.91 Å². The summed E-state index contributed by atoms with van der Waals surface area (Å²) in [6.45, 7) is 6.06. The molecule has 1 aliphatic rings. The van der Waals surface area contributed by atoms with Crippen molar-refractivity contribution in [2.75, 3.05) is 17.2 Å². The molecule has 2 aromatic carbocycles. The van der Waals surface area contributed by atoms with Crippen molar-refractivity contribution in [3.05, 3.63) is 71.2 Å². The maximum absolute atomic E-state index is 13.3. The van der Waals surface area contributed by atoms with Crippen LogP contribution in [0.4, 0.5) is 11.6 Å². The Labute approximate surface area is 174 Å². The van der Waals surface area contributed by atoms with Gasteiger partial charge in [-0.05, 0) is 56.2 Å². The minimum Gasteiger partial charge on any atom is -0.504 e. The van der Waals surface area contributed by atoms with Crippen LogP contribution in [-0.2, 0) is 4.79 Å². The number of aromatic nitrogens is 3. The first kappa shape index (κ1) is 19.5. The normalized spacial score (nSPS) is 15.4. The first-order chi connectivity index (χ1) is 14.5. The molecule has 30 heavy (non-hydrogen) atoms. The van der Waals surface area contributed by atoms with E-state index in [4.69, 9.17) is 4.74 Å². The van der Waals surface area contributed by atoms with Crippen molar-refractivity contribution in [2.24, 2.45) is 0 Å². The van der Waals surface area contributed by atoms with E-state index in [1.165, 1.54) is 6.33 Å². The molecule has 3 N–H and O–H groups in total. The second-order valence-electron chi connectivity index (χ2n) is 7.08. The van der Waals surface area contributed by atoms with E-state index in [2.05, 4.69) is 20.7 Å². The fourth-order valence-electron chi connectivity index (χ4n) is 3.59. The van der Waals surface area contributed by atoms with E-state index < -0.39 is 6.04 Å². The Bertz CT molecular complexity index is 1140. The number of carbonyl (C=O) groups is 1. The lowest BCUT2D eigenvalue weighted by Crippen LogP contribution is -2.31. The molecule has 0 bridgehead atoms. The van der Waals surface area contributed by atoms with Gasteiger partial charge in [0, 0.05) is 11.4 Å². The molecule has 0 spiro atoms. The van der Waals surface area contributed by atoms with Crippen LogP contribution in [0.15, 0.2) is 60.1 Å². The van der Waals surface area contributed by atoms with E-state index in [1.807, 2.05) is 45.0 Å². The largest absolute Gasteiger partial charge is 0.504 e.